The molecule has 0 aliphatic heterocycles. The Morgan fingerprint density at radius 3 is 2.68 bits per heavy atom. The zero-order valence-corrected chi connectivity index (χ0v) is 13.8. The molecular formula is C17H17ClFNOS. The highest BCUT2D eigenvalue weighted by Crippen LogP contribution is 2.17. The minimum Gasteiger partial charge on any atom is -0.349 e. The van der Waals surface area contributed by atoms with E-state index in [1.807, 2.05) is 31.2 Å². The number of thioether (sulfide) groups is 1. The van der Waals surface area contributed by atoms with Gasteiger partial charge in [-0.25, -0.2) is 4.39 Å². The van der Waals surface area contributed by atoms with Gasteiger partial charge in [-0.05, 0) is 42.3 Å². The van der Waals surface area contributed by atoms with Crippen LogP contribution in [-0.4, -0.2) is 11.7 Å². The zero-order valence-electron chi connectivity index (χ0n) is 12.2. The lowest BCUT2D eigenvalue weighted by Crippen LogP contribution is -2.28. The summed E-state index contributed by atoms with van der Waals surface area (Å²) in [7, 11) is 0. The molecule has 0 aromatic heterocycles. The molecule has 1 amide bonds. The van der Waals surface area contributed by atoms with E-state index >= 15 is 0 Å². The summed E-state index contributed by atoms with van der Waals surface area (Å²) in [5.74, 6) is 0.792. The minimum absolute atomic E-state index is 0.0381. The lowest BCUT2D eigenvalue weighted by molar-refractivity contribution is -0.119. The molecule has 0 saturated heterocycles. The fraction of sp³-hybridized carbons (Fsp3) is 0.235. The Morgan fingerprint density at radius 2 is 2.00 bits per heavy atom. The van der Waals surface area contributed by atoms with E-state index < -0.39 is 0 Å². The van der Waals surface area contributed by atoms with Gasteiger partial charge in [0.15, 0.2) is 0 Å². The van der Waals surface area contributed by atoms with Crippen molar-refractivity contribution < 1.29 is 9.18 Å². The van der Waals surface area contributed by atoms with Crippen LogP contribution in [-0.2, 0) is 10.5 Å². The summed E-state index contributed by atoms with van der Waals surface area (Å²) in [5, 5.41) is 3.61. The SMILES string of the molecule is C[C@@H](NC(=O)CSCc1cccc(Cl)c1)c1ccc(F)cc1. The van der Waals surface area contributed by atoms with Crippen molar-refractivity contribution in [2.45, 2.75) is 18.7 Å². The molecule has 2 aromatic carbocycles. The fourth-order valence-electron chi connectivity index (χ4n) is 2.01. The van der Waals surface area contributed by atoms with Gasteiger partial charge < -0.3 is 5.32 Å². The van der Waals surface area contributed by atoms with E-state index in [9.17, 15) is 9.18 Å². The summed E-state index contributed by atoms with van der Waals surface area (Å²) in [6, 6.07) is 13.6. The van der Waals surface area contributed by atoms with Crippen LogP contribution in [0.2, 0.25) is 5.02 Å². The van der Waals surface area contributed by atoms with E-state index in [0.29, 0.717) is 10.8 Å². The Labute approximate surface area is 139 Å². The van der Waals surface area contributed by atoms with E-state index in [4.69, 9.17) is 11.6 Å². The topological polar surface area (TPSA) is 29.1 Å². The molecule has 0 saturated carbocycles. The monoisotopic (exact) mass is 337 g/mol. The molecule has 0 fully saturated rings. The molecule has 2 aromatic rings. The molecule has 116 valence electrons. The van der Waals surface area contributed by atoms with Crippen molar-refractivity contribution in [1.29, 1.82) is 0 Å². The van der Waals surface area contributed by atoms with Gasteiger partial charge in [0.25, 0.3) is 0 Å². The largest absolute Gasteiger partial charge is 0.349 e. The maximum atomic E-state index is 12.9. The van der Waals surface area contributed by atoms with Crippen molar-refractivity contribution in [3.63, 3.8) is 0 Å². The van der Waals surface area contributed by atoms with E-state index in [1.54, 1.807) is 12.1 Å². The lowest BCUT2D eigenvalue weighted by atomic mass is 10.1. The summed E-state index contributed by atoms with van der Waals surface area (Å²) in [6.45, 7) is 1.88. The van der Waals surface area contributed by atoms with Crippen LogP contribution in [0.25, 0.3) is 0 Å². The number of rotatable bonds is 6. The summed E-state index contributed by atoms with van der Waals surface area (Å²) in [5.41, 5.74) is 1.98. The van der Waals surface area contributed by atoms with Gasteiger partial charge in [0.1, 0.15) is 5.82 Å². The van der Waals surface area contributed by atoms with Crippen LogP contribution in [0.5, 0.6) is 0 Å². The number of carbonyl (C=O) groups excluding carboxylic acids is 1. The molecule has 0 aliphatic carbocycles. The van der Waals surface area contributed by atoms with Gasteiger partial charge in [-0.2, -0.15) is 0 Å². The molecular weight excluding hydrogens is 321 g/mol. The highest BCUT2D eigenvalue weighted by molar-refractivity contribution is 7.99. The molecule has 22 heavy (non-hydrogen) atoms. The van der Waals surface area contributed by atoms with Crippen LogP contribution < -0.4 is 5.32 Å². The highest BCUT2D eigenvalue weighted by Gasteiger charge is 2.09. The van der Waals surface area contributed by atoms with E-state index in [1.165, 1.54) is 23.9 Å². The number of amides is 1. The third kappa shape index (κ3) is 5.35. The molecule has 0 radical (unpaired) electrons. The maximum absolute atomic E-state index is 12.9. The van der Waals surface area contributed by atoms with Gasteiger partial charge in [-0.15, -0.1) is 11.8 Å². The van der Waals surface area contributed by atoms with Crippen LogP contribution in [0.3, 0.4) is 0 Å². The number of benzene rings is 2. The van der Waals surface area contributed by atoms with Crippen LogP contribution in [0.1, 0.15) is 24.1 Å². The lowest BCUT2D eigenvalue weighted by Gasteiger charge is -2.14. The third-order valence-corrected chi connectivity index (χ3v) is 4.38. The number of hydrogen-bond donors (Lipinski definition) is 1. The number of carbonyl (C=O) groups is 1. The molecule has 1 N–H and O–H groups in total. The maximum Gasteiger partial charge on any atom is 0.230 e. The number of halogens is 2. The molecule has 2 nitrogen and oxygen atoms in total. The predicted molar refractivity (Wildman–Crippen MR) is 90.6 cm³/mol. The summed E-state index contributed by atoms with van der Waals surface area (Å²) in [4.78, 5) is 11.9. The number of nitrogens with one attached hydrogen (secondary N) is 1. The Balaban J connectivity index is 1.76. The average Bonchev–Trinajstić information content (AvgIpc) is 2.48. The van der Waals surface area contributed by atoms with Gasteiger partial charge in [0, 0.05) is 10.8 Å². The first-order valence-corrected chi connectivity index (χ1v) is 8.45. The molecule has 0 heterocycles. The first kappa shape index (κ1) is 16.8. The minimum atomic E-state index is -0.278. The van der Waals surface area contributed by atoms with Crippen molar-refractivity contribution >= 4 is 29.3 Å². The van der Waals surface area contributed by atoms with Crippen LogP contribution in [0.4, 0.5) is 4.39 Å². The van der Waals surface area contributed by atoms with Gasteiger partial charge in [-0.3, -0.25) is 4.79 Å². The molecule has 0 bridgehead atoms. The van der Waals surface area contributed by atoms with E-state index in [2.05, 4.69) is 5.32 Å². The Morgan fingerprint density at radius 1 is 1.27 bits per heavy atom. The van der Waals surface area contributed by atoms with Crippen LogP contribution in [0.15, 0.2) is 48.5 Å². The average molecular weight is 338 g/mol. The Bertz CT molecular complexity index is 633. The van der Waals surface area contributed by atoms with E-state index in [0.717, 1.165) is 16.9 Å². The Hall–Kier alpha value is -1.52. The first-order valence-electron chi connectivity index (χ1n) is 6.91. The Kier molecular flexibility index (Phi) is 6.28. The summed E-state index contributed by atoms with van der Waals surface area (Å²) in [6.07, 6.45) is 0. The smallest absolute Gasteiger partial charge is 0.230 e. The standard InChI is InChI=1S/C17H17ClFNOS/c1-12(14-5-7-16(19)8-6-14)20-17(21)11-22-10-13-3-2-4-15(18)9-13/h2-9,12H,10-11H2,1H3,(H,20,21)/t12-/m1/s1. The summed E-state index contributed by atoms with van der Waals surface area (Å²) < 4.78 is 12.9. The number of hydrogen-bond acceptors (Lipinski definition) is 2. The van der Waals surface area contributed by atoms with Crippen LogP contribution in [0, 0.1) is 5.82 Å². The second-order valence-corrected chi connectivity index (χ2v) is 6.39. The normalized spacial score (nSPS) is 12.0. The van der Waals surface area contributed by atoms with Crippen molar-refractivity contribution in [1.82, 2.24) is 5.32 Å². The van der Waals surface area contributed by atoms with Gasteiger partial charge in [-0.1, -0.05) is 35.9 Å². The van der Waals surface area contributed by atoms with Crippen molar-refractivity contribution in [2.75, 3.05) is 5.75 Å². The molecule has 0 aliphatic rings. The first-order chi connectivity index (χ1) is 10.5. The van der Waals surface area contributed by atoms with Crippen LogP contribution >= 0.6 is 23.4 Å². The third-order valence-electron chi connectivity index (χ3n) is 3.14. The van der Waals surface area contributed by atoms with Gasteiger partial charge in [0.2, 0.25) is 5.91 Å². The molecule has 0 unspecified atom stereocenters. The van der Waals surface area contributed by atoms with Gasteiger partial charge in [0.05, 0.1) is 11.8 Å². The highest BCUT2D eigenvalue weighted by atomic mass is 35.5. The van der Waals surface area contributed by atoms with Crippen molar-refractivity contribution in [3.8, 4) is 0 Å². The van der Waals surface area contributed by atoms with E-state index in [-0.39, 0.29) is 17.8 Å². The second-order valence-electron chi connectivity index (χ2n) is 4.96. The summed E-state index contributed by atoms with van der Waals surface area (Å²) >= 11 is 7.45. The predicted octanol–water partition coefficient (Wildman–Crippen LogP) is 4.59. The zero-order chi connectivity index (χ0) is 15.9. The van der Waals surface area contributed by atoms with Crippen molar-refractivity contribution in [2.24, 2.45) is 0 Å². The molecule has 1 atom stereocenters. The molecule has 5 heteroatoms. The van der Waals surface area contributed by atoms with Crippen molar-refractivity contribution in [3.05, 3.63) is 70.5 Å². The quantitative estimate of drug-likeness (QED) is 0.835. The fourth-order valence-corrected chi connectivity index (χ4v) is 3.01. The molecule has 2 rings (SSSR count). The molecule has 0 spiro atoms. The van der Waals surface area contributed by atoms with Gasteiger partial charge >= 0.3 is 0 Å². The second kappa shape index (κ2) is 8.20.